The van der Waals surface area contributed by atoms with Crippen LogP contribution in [0.3, 0.4) is 0 Å². The van der Waals surface area contributed by atoms with Gasteiger partial charge in [-0.2, -0.15) is 0 Å². The number of benzene rings is 6. The van der Waals surface area contributed by atoms with Gasteiger partial charge in [0.15, 0.2) is 0 Å². The van der Waals surface area contributed by atoms with Gasteiger partial charge >= 0.3 is 0 Å². The highest BCUT2D eigenvalue weighted by molar-refractivity contribution is 6.13. The van der Waals surface area contributed by atoms with Crippen molar-refractivity contribution in [1.29, 1.82) is 0 Å². The predicted molar refractivity (Wildman–Crippen MR) is 174 cm³/mol. The number of allylic oxidation sites excluding steroid dienone is 1. The van der Waals surface area contributed by atoms with Crippen LogP contribution in [0.2, 0.25) is 0 Å². The highest BCUT2D eigenvalue weighted by Crippen LogP contribution is 2.63. The molecule has 0 N–H and O–H groups in total. The first-order chi connectivity index (χ1) is 21.4. The Morgan fingerprint density at radius 2 is 1.19 bits per heavy atom. The van der Waals surface area contributed by atoms with Crippen LogP contribution in [-0.4, -0.2) is 4.57 Å². The summed E-state index contributed by atoms with van der Waals surface area (Å²) in [4.78, 5) is 2.50. The third-order valence-corrected chi connectivity index (χ3v) is 9.51. The smallest absolute Gasteiger partial charge is 0.141 e. The van der Waals surface area contributed by atoms with Crippen molar-refractivity contribution in [3.63, 3.8) is 0 Å². The van der Waals surface area contributed by atoms with Crippen LogP contribution in [0.4, 0.5) is 11.4 Å². The van der Waals surface area contributed by atoms with Gasteiger partial charge in [0.25, 0.3) is 0 Å². The molecular weight excluding hydrogens is 524 g/mol. The molecule has 0 saturated heterocycles. The molecule has 0 spiro atoms. The van der Waals surface area contributed by atoms with E-state index >= 15 is 0 Å². The molecule has 10 rings (SSSR count). The molecule has 0 bridgehead atoms. The monoisotopic (exact) mass is 550 g/mol. The van der Waals surface area contributed by atoms with Crippen molar-refractivity contribution in [1.82, 2.24) is 4.57 Å². The van der Waals surface area contributed by atoms with Gasteiger partial charge in [-0.05, 0) is 53.6 Å². The second-order valence-corrected chi connectivity index (χ2v) is 11.6. The largest absolute Gasteiger partial charge is 0.459 e. The molecule has 0 fully saturated rings. The molecule has 202 valence electrons. The number of rotatable bonds is 2. The topological polar surface area (TPSA) is 17.4 Å². The van der Waals surface area contributed by atoms with E-state index < -0.39 is 0 Å². The average molecular weight is 551 g/mol. The van der Waals surface area contributed by atoms with Crippen LogP contribution in [0.5, 0.6) is 5.75 Å². The lowest BCUT2D eigenvalue weighted by atomic mass is 9.76. The van der Waals surface area contributed by atoms with Gasteiger partial charge < -0.3 is 14.2 Å². The maximum atomic E-state index is 7.23. The molecular formula is C40H26N2O. The van der Waals surface area contributed by atoms with Gasteiger partial charge in [-0.3, -0.25) is 0 Å². The van der Waals surface area contributed by atoms with Gasteiger partial charge in [0.1, 0.15) is 11.5 Å². The van der Waals surface area contributed by atoms with E-state index in [2.05, 4.69) is 155 Å². The normalized spacial score (nSPS) is 17.8. The lowest BCUT2D eigenvalue weighted by Crippen LogP contribution is -2.25. The maximum absolute atomic E-state index is 7.23. The Bertz CT molecular complexity index is 2280. The lowest BCUT2D eigenvalue weighted by molar-refractivity contribution is 0.437. The number of hydrogen-bond donors (Lipinski definition) is 0. The summed E-state index contributed by atoms with van der Waals surface area (Å²) in [5.74, 6) is 2.10. The van der Waals surface area contributed by atoms with Gasteiger partial charge in [-0.15, -0.1) is 0 Å². The molecule has 2 unspecified atom stereocenters. The minimum Gasteiger partial charge on any atom is -0.459 e. The minimum absolute atomic E-state index is 0.0396. The number of hydrogen-bond acceptors (Lipinski definition) is 2. The van der Waals surface area contributed by atoms with E-state index in [1.165, 1.54) is 55.5 Å². The molecule has 2 aliphatic heterocycles. The molecule has 3 aliphatic rings. The summed E-state index contributed by atoms with van der Waals surface area (Å²) in [6, 6.07) is 52.6. The molecule has 1 aliphatic carbocycles. The summed E-state index contributed by atoms with van der Waals surface area (Å²) in [6.45, 7) is 0. The van der Waals surface area contributed by atoms with Crippen LogP contribution in [-0.2, 0) is 0 Å². The number of ether oxygens (including phenoxy) is 1. The van der Waals surface area contributed by atoms with Crippen LogP contribution >= 0.6 is 0 Å². The molecule has 1 aromatic heterocycles. The summed E-state index contributed by atoms with van der Waals surface area (Å²) in [7, 11) is 0. The zero-order valence-corrected chi connectivity index (χ0v) is 23.3. The van der Waals surface area contributed by atoms with Crippen molar-refractivity contribution in [2.75, 3.05) is 4.90 Å². The first-order valence-electron chi connectivity index (χ1n) is 14.9. The van der Waals surface area contributed by atoms with E-state index in [1.807, 2.05) is 0 Å². The van der Waals surface area contributed by atoms with E-state index in [0.717, 1.165) is 22.7 Å². The molecule has 3 heterocycles. The Balaban J connectivity index is 1.29. The van der Waals surface area contributed by atoms with Crippen molar-refractivity contribution < 1.29 is 4.74 Å². The molecule has 7 aromatic rings. The molecule has 0 saturated carbocycles. The maximum Gasteiger partial charge on any atom is 0.141 e. The van der Waals surface area contributed by atoms with E-state index in [9.17, 15) is 0 Å². The van der Waals surface area contributed by atoms with Crippen molar-refractivity contribution in [3.05, 3.63) is 174 Å². The van der Waals surface area contributed by atoms with Crippen molar-refractivity contribution in [2.24, 2.45) is 0 Å². The zero-order chi connectivity index (χ0) is 28.1. The fraction of sp³-hybridized carbons (Fsp3) is 0.0500. The van der Waals surface area contributed by atoms with E-state index in [-0.39, 0.29) is 12.0 Å². The molecule has 0 amide bonds. The quantitative estimate of drug-likeness (QED) is 0.213. The van der Waals surface area contributed by atoms with Gasteiger partial charge in [-0.1, -0.05) is 103 Å². The number of nitrogens with zero attached hydrogens (tertiary/aromatic N) is 2. The van der Waals surface area contributed by atoms with E-state index in [0.29, 0.717) is 0 Å². The fourth-order valence-corrected chi connectivity index (χ4v) is 7.86. The van der Waals surface area contributed by atoms with Gasteiger partial charge in [0.05, 0.1) is 28.4 Å². The molecule has 2 atom stereocenters. The molecule has 3 heteroatoms. The second-order valence-electron chi connectivity index (χ2n) is 11.6. The Hall–Kier alpha value is -5.54. The highest BCUT2D eigenvalue weighted by Gasteiger charge is 2.48. The third-order valence-electron chi connectivity index (χ3n) is 9.51. The summed E-state index contributed by atoms with van der Waals surface area (Å²) in [5, 5.41) is 2.39. The molecule has 6 aromatic carbocycles. The van der Waals surface area contributed by atoms with Crippen molar-refractivity contribution in [2.45, 2.75) is 12.0 Å². The zero-order valence-electron chi connectivity index (χ0n) is 23.3. The van der Waals surface area contributed by atoms with Crippen LogP contribution < -0.4 is 9.64 Å². The SMILES string of the molecule is c1ccc(N2c3ccccc3C3=C4Oc5c(ccc6c5c5ccccc5n6-c5ccccc5)C4c4ccccc4C32)cc1. The summed E-state index contributed by atoms with van der Waals surface area (Å²) >= 11 is 0. The van der Waals surface area contributed by atoms with E-state index in [4.69, 9.17) is 4.74 Å². The Kier molecular flexibility index (Phi) is 4.56. The molecule has 3 nitrogen and oxygen atoms in total. The Morgan fingerprint density at radius 1 is 0.512 bits per heavy atom. The number of para-hydroxylation sites is 4. The van der Waals surface area contributed by atoms with Crippen LogP contribution in [0.1, 0.15) is 34.2 Å². The van der Waals surface area contributed by atoms with E-state index in [1.54, 1.807) is 0 Å². The Labute approximate surface area is 249 Å². The number of fused-ring (bicyclic) bond motifs is 13. The first kappa shape index (κ1) is 23.1. The van der Waals surface area contributed by atoms with Gasteiger partial charge in [0.2, 0.25) is 0 Å². The van der Waals surface area contributed by atoms with Gasteiger partial charge in [0, 0.05) is 39.1 Å². The summed E-state index contributed by atoms with van der Waals surface area (Å²) in [5.41, 5.74) is 12.4. The van der Waals surface area contributed by atoms with Crippen molar-refractivity contribution >= 4 is 38.8 Å². The highest BCUT2D eigenvalue weighted by atomic mass is 16.5. The van der Waals surface area contributed by atoms with Crippen LogP contribution in [0.25, 0.3) is 33.1 Å². The second kappa shape index (κ2) is 8.50. The minimum atomic E-state index is 0.0396. The van der Waals surface area contributed by atoms with Gasteiger partial charge in [-0.25, -0.2) is 0 Å². The first-order valence-corrected chi connectivity index (χ1v) is 14.9. The van der Waals surface area contributed by atoms with Crippen molar-refractivity contribution in [3.8, 4) is 11.4 Å². The summed E-state index contributed by atoms with van der Waals surface area (Å²) < 4.78 is 9.60. The molecule has 43 heavy (non-hydrogen) atoms. The molecule has 0 radical (unpaired) electrons. The number of aromatic nitrogens is 1. The standard InChI is InChI=1S/C40H26N2O/c1-3-13-25(14-4-1)41-32-21-11-9-19-29(32)36-34(41)24-23-31-35-27-17-7-8-18-28(27)38-37(40(35)43-39(31)36)30-20-10-12-22-33(30)42(38)26-15-5-2-6-16-26/h1-24,35,38H. The third kappa shape index (κ3) is 2.98. The Morgan fingerprint density at radius 3 is 2.02 bits per heavy atom. The summed E-state index contributed by atoms with van der Waals surface area (Å²) in [6.07, 6.45) is 0. The number of anilines is 2. The van der Waals surface area contributed by atoms with Crippen LogP contribution in [0.15, 0.2) is 151 Å². The fourth-order valence-electron chi connectivity index (χ4n) is 7.86. The lowest BCUT2D eigenvalue weighted by Gasteiger charge is -2.34. The predicted octanol–water partition coefficient (Wildman–Crippen LogP) is 9.93. The average Bonchev–Trinajstić information content (AvgIpc) is 3.74. The van der Waals surface area contributed by atoms with Crippen LogP contribution in [0, 0.1) is 0 Å².